The molecular formula is C10H8BrNO3. The van der Waals surface area contributed by atoms with Gasteiger partial charge in [-0.25, -0.2) is 0 Å². The summed E-state index contributed by atoms with van der Waals surface area (Å²) in [5.74, 6) is -0.632. The Morgan fingerprint density at radius 2 is 2.07 bits per heavy atom. The highest BCUT2D eigenvalue weighted by Crippen LogP contribution is 2.41. The molecule has 1 aromatic carbocycles. The number of amides is 1. The highest BCUT2D eigenvalue weighted by atomic mass is 79.9. The van der Waals surface area contributed by atoms with E-state index < -0.39 is 11.7 Å². The number of hydrogen-bond acceptors (Lipinski definition) is 3. The lowest BCUT2D eigenvalue weighted by Gasteiger charge is -2.10. The molecule has 0 unspecified atom stereocenters. The van der Waals surface area contributed by atoms with Gasteiger partial charge in [0.15, 0.2) is 5.75 Å². The van der Waals surface area contributed by atoms with Crippen LogP contribution in [-0.4, -0.2) is 18.8 Å². The summed E-state index contributed by atoms with van der Waals surface area (Å²) >= 11 is 3.31. The molecule has 0 aromatic heterocycles. The van der Waals surface area contributed by atoms with E-state index in [9.17, 15) is 9.59 Å². The van der Waals surface area contributed by atoms with Crippen molar-refractivity contribution in [2.24, 2.45) is 0 Å². The van der Waals surface area contributed by atoms with Gasteiger partial charge in [-0.2, -0.15) is 0 Å². The van der Waals surface area contributed by atoms with Crippen LogP contribution in [0.4, 0.5) is 5.69 Å². The van der Waals surface area contributed by atoms with Crippen molar-refractivity contribution < 1.29 is 14.3 Å². The van der Waals surface area contributed by atoms with Crippen LogP contribution in [0.25, 0.3) is 0 Å². The van der Waals surface area contributed by atoms with E-state index in [2.05, 4.69) is 21.2 Å². The zero-order valence-electron chi connectivity index (χ0n) is 8.18. The van der Waals surface area contributed by atoms with Crippen molar-refractivity contribution in [1.29, 1.82) is 0 Å². The molecule has 4 nitrogen and oxygen atoms in total. The number of halogens is 1. The van der Waals surface area contributed by atoms with Crippen LogP contribution in [0.5, 0.6) is 5.75 Å². The molecule has 5 heteroatoms. The SMILES string of the molecule is COc1c(Br)cc(C)c2c1NC(=O)C2=O. The quantitative estimate of drug-likeness (QED) is 0.793. The fourth-order valence-electron chi connectivity index (χ4n) is 1.65. The van der Waals surface area contributed by atoms with Crippen LogP contribution in [0.15, 0.2) is 10.5 Å². The summed E-state index contributed by atoms with van der Waals surface area (Å²) in [7, 11) is 1.49. The number of benzene rings is 1. The first kappa shape index (κ1) is 10.2. The summed E-state index contributed by atoms with van der Waals surface area (Å²) in [5, 5.41) is 2.50. The second kappa shape index (κ2) is 3.34. The van der Waals surface area contributed by atoms with Gasteiger partial charge in [-0.1, -0.05) is 0 Å². The molecule has 0 saturated carbocycles. The molecule has 2 rings (SSSR count). The number of nitrogens with one attached hydrogen (secondary N) is 1. The van der Waals surface area contributed by atoms with Crippen molar-refractivity contribution in [1.82, 2.24) is 0 Å². The van der Waals surface area contributed by atoms with Gasteiger partial charge in [0.25, 0.3) is 11.7 Å². The van der Waals surface area contributed by atoms with Gasteiger partial charge in [-0.15, -0.1) is 0 Å². The molecule has 1 N–H and O–H groups in total. The molecule has 0 fully saturated rings. The predicted octanol–water partition coefficient (Wildman–Crippen LogP) is 1.90. The number of fused-ring (bicyclic) bond motifs is 1. The molecule has 1 aromatic rings. The van der Waals surface area contributed by atoms with E-state index in [4.69, 9.17) is 4.74 Å². The highest BCUT2D eigenvalue weighted by Gasteiger charge is 2.33. The third-order valence-electron chi connectivity index (χ3n) is 2.31. The molecule has 0 saturated heterocycles. The van der Waals surface area contributed by atoms with E-state index in [1.807, 2.05) is 0 Å². The van der Waals surface area contributed by atoms with Crippen molar-refractivity contribution in [2.45, 2.75) is 6.92 Å². The molecule has 0 bridgehead atoms. The lowest BCUT2D eigenvalue weighted by Crippen LogP contribution is -2.12. The summed E-state index contributed by atoms with van der Waals surface area (Å²) in [4.78, 5) is 22.7. The second-order valence-electron chi connectivity index (χ2n) is 3.24. The molecule has 0 spiro atoms. The number of Topliss-reactive ketones (excluding diaryl/α,β-unsaturated/α-hetero) is 1. The van der Waals surface area contributed by atoms with E-state index >= 15 is 0 Å². The minimum absolute atomic E-state index is 0.403. The monoisotopic (exact) mass is 269 g/mol. The minimum atomic E-state index is -0.607. The molecule has 0 atom stereocenters. The zero-order valence-corrected chi connectivity index (χ0v) is 9.77. The first-order valence-electron chi connectivity index (χ1n) is 4.29. The van der Waals surface area contributed by atoms with E-state index in [-0.39, 0.29) is 0 Å². The third-order valence-corrected chi connectivity index (χ3v) is 2.90. The number of carbonyl (C=O) groups is 2. The molecule has 1 amide bonds. The molecular weight excluding hydrogens is 262 g/mol. The van der Waals surface area contributed by atoms with Gasteiger partial charge < -0.3 is 10.1 Å². The van der Waals surface area contributed by atoms with Crippen LogP contribution >= 0.6 is 15.9 Å². The fourth-order valence-corrected chi connectivity index (χ4v) is 2.36. The van der Waals surface area contributed by atoms with Gasteiger partial charge >= 0.3 is 0 Å². The normalized spacial score (nSPS) is 13.8. The zero-order chi connectivity index (χ0) is 11.2. The van der Waals surface area contributed by atoms with Crippen LogP contribution < -0.4 is 10.1 Å². The summed E-state index contributed by atoms with van der Waals surface area (Å²) in [6, 6.07) is 1.76. The van der Waals surface area contributed by atoms with E-state index in [0.29, 0.717) is 17.0 Å². The van der Waals surface area contributed by atoms with Crippen LogP contribution in [0.2, 0.25) is 0 Å². The Labute approximate surface area is 94.7 Å². The third kappa shape index (κ3) is 1.34. The lowest BCUT2D eigenvalue weighted by atomic mass is 10.0. The first-order chi connectivity index (χ1) is 7.06. The summed E-state index contributed by atoms with van der Waals surface area (Å²) < 4.78 is 5.84. The van der Waals surface area contributed by atoms with E-state index in [1.54, 1.807) is 13.0 Å². The first-order valence-corrected chi connectivity index (χ1v) is 5.08. The van der Waals surface area contributed by atoms with E-state index in [1.165, 1.54) is 7.11 Å². The average Bonchev–Trinajstić information content (AvgIpc) is 2.44. The highest BCUT2D eigenvalue weighted by molar-refractivity contribution is 9.10. The molecule has 1 aliphatic heterocycles. The smallest absolute Gasteiger partial charge is 0.296 e. The van der Waals surface area contributed by atoms with Crippen LogP contribution in [0, 0.1) is 6.92 Å². The van der Waals surface area contributed by atoms with Gasteiger partial charge in [0, 0.05) is 0 Å². The number of carbonyl (C=O) groups excluding carboxylic acids is 2. The van der Waals surface area contributed by atoms with Crippen molar-refractivity contribution in [3.05, 3.63) is 21.7 Å². The Morgan fingerprint density at radius 3 is 2.67 bits per heavy atom. The Hall–Kier alpha value is -1.36. The lowest BCUT2D eigenvalue weighted by molar-refractivity contribution is -0.112. The Balaban J connectivity index is 2.76. The summed E-state index contributed by atoms with van der Waals surface area (Å²) in [6.45, 7) is 1.78. The number of ether oxygens (including phenoxy) is 1. The van der Waals surface area contributed by atoms with Gasteiger partial charge in [0.05, 0.1) is 22.8 Å². The molecule has 78 valence electrons. The number of methoxy groups -OCH3 is 1. The standard InChI is InChI=1S/C10H8BrNO3/c1-4-3-5(11)9(15-2)7-6(4)8(13)10(14)12-7/h3H,1-2H3,(H,12,13,14). The topological polar surface area (TPSA) is 55.4 Å². The van der Waals surface area contributed by atoms with Gasteiger partial charge in [-0.05, 0) is 34.5 Å². The van der Waals surface area contributed by atoms with Crippen LogP contribution in [0.1, 0.15) is 15.9 Å². The van der Waals surface area contributed by atoms with Crippen molar-refractivity contribution in [3.63, 3.8) is 0 Å². The number of ketones is 1. The number of anilines is 1. The van der Waals surface area contributed by atoms with Crippen LogP contribution in [-0.2, 0) is 4.79 Å². The summed E-state index contributed by atoms with van der Waals surface area (Å²) in [6.07, 6.45) is 0. The van der Waals surface area contributed by atoms with Gasteiger partial charge in [0.2, 0.25) is 0 Å². The largest absolute Gasteiger partial charge is 0.493 e. The molecule has 0 radical (unpaired) electrons. The fraction of sp³-hybridized carbons (Fsp3) is 0.200. The van der Waals surface area contributed by atoms with E-state index in [0.717, 1.165) is 10.0 Å². The number of rotatable bonds is 1. The Bertz CT molecular complexity index is 482. The van der Waals surface area contributed by atoms with Gasteiger partial charge in [0.1, 0.15) is 0 Å². The van der Waals surface area contributed by atoms with Crippen molar-refractivity contribution in [2.75, 3.05) is 12.4 Å². The molecule has 15 heavy (non-hydrogen) atoms. The Morgan fingerprint density at radius 1 is 1.40 bits per heavy atom. The predicted molar refractivity (Wildman–Crippen MR) is 58.4 cm³/mol. The average molecular weight is 270 g/mol. The number of hydrogen-bond donors (Lipinski definition) is 1. The summed E-state index contributed by atoms with van der Waals surface area (Å²) in [5.41, 5.74) is 1.61. The van der Waals surface area contributed by atoms with Gasteiger partial charge in [-0.3, -0.25) is 9.59 Å². The Kier molecular flexibility index (Phi) is 2.26. The maximum Gasteiger partial charge on any atom is 0.296 e. The number of aryl methyl sites for hydroxylation is 1. The second-order valence-corrected chi connectivity index (χ2v) is 4.10. The maximum atomic E-state index is 11.5. The molecule has 1 aliphatic rings. The van der Waals surface area contributed by atoms with Crippen molar-refractivity contribution in [3.8, 4) is 5.75 Å². The molecule has 1 heterocycles. The van der Waals surface area contributed by atoms with Crippen LogP contribution in [0.3, 0.4) is 0 Å². The minimum Gasteiger partial charge on any atom is -0.493 e. The maximum absolute atomic E-state index is 11.5. The molecule has 0 aliphatic carbocycles. The van der Waals surface area contributed by atoms with Crippen molar-refractivity contribution >= 4 is 33.3 Å².